The standard InChI is InChI=1S/C26H29F3N2O2/c1-18-14-22(19-6-5-7-19)20(15-23(18)26(27,28)29)16-30-12-10-25(11-13-30)17-31(24(32)33-25)21-8-3-2-4-9-21/h2-4,8-9,14-15,19H,5-7,10-13,16-17H2,1H3. The molecule has 1 amide bonds. The molecule has 4 nitrogen and oxygen atoms in total. The molecule has 3 fully saturated rings. The van der Waals surface area contributed by atoms with Gasteiger partial charge in [-0.15, -0.1) is 0 Å². The summed E-state index contributed by atoms with van der Waals surface area (Å²) in [5.41, 5.74) is 1.95. The normalized spacial score (nSPS) is 21.3. The van der Waals surface area contributed by atoms with Gasteiger partial charge < -0.3 is 4.74 Å². The van der Waals surface area contributed by atoms with Gasteiger partial charge in [-0.25, -0.2) is 4.79 Å². The van der Waals surface area contributed by atoms with Crippen molar-refractivity contribution in [2.75, 3.05) is 24.5 Å². The van der Waals surface area contributed by atoms with Crippen molar-refractivity contribution < 1.29 is 22.7 Å². The monoisotopic (exact) mass is 458 g/mol. The highest BCUT2D eigenvalue weighted by atomic mass is 19.4. The van der Waals surface area contributed by atoms with Crippen molar-refractivity contribution in [2.24, 2.45) is 0 Å². The van der Waals surface area contributed by atoms with Crippen LogP contribution in [0, 0.1) is 6.92 Å². The predicted molar refractivity (Wildman–Crippen MR) is 120 cm³/mol. The number of aryl methyl sites for hydroxylation is 1. The Hall–Kier alpha value is -2.54. The number of halogens is 3. The number of carbonyl (C=O) groups excluding carboxylic acids is 1. The molecule has 33 heavy (non-hydrogen) atoms. The van der Waals surface area contributed by atoms with Crippen LogP contribution in [0.3, 0.4) is 0 Å². The number of ether oxygens (including phenoxy) is 1. The first-order valence-electron chi connectivity index (χ1n) is 11.7. The van der Waals surface area contributed by atoms with Crippen LogP contribution in [0.1, 0.15) is 60.3 Å². The van der Waals surface area contributed by atoms with Crippen LogP contribution < -0.4 is 4.90 Å². The van der Waals surface area contributed by atoms with E-state index in [1.54, 1.807) is 17.9 Å². The Bertz CT molecular complexity index is 1030. The molecule has 3 aliphatic rings. The molecule has 1 aliphatic carbocycles. The summed E-state index contributed by atoms with van der Waals surface area (Å²) in [6, 6.07) is 12.6. The Balaban J connectivity index is 1.30. The fraction of sp³-hybridized carbons (Fsp3) is 0.500. The molecule has 2 aromatic rings. The van der Waals surface area contributed by atoms with Crippen molar-refractivity contribution in [1.82, 2.24) is 4.90 Å². The number of nitrogens with zero attached hydrogens (tertiary/aromatic N) is 2. The van der Waals surface area contributed by atoms with Crippen molar-refractivity contribution in [1.29, 1.82) is 0 Å². The molecule has 0 atom stereocenters. The highest BCUT2D eigenvalue weighted by molar-refractivity contribution is 5.90. The summed E-state index contributed by atoms with van der Waals surface area (Å²) in [5.74, 6) is 0.368. The number of amides is 1. The fourth-order valence-corrected chi connectivity index (χ4v) is 5.37. The average Bonchev–Trinajstić information content (AvgIpc) is 3.06. The Morgan fingerprint density at radius 2 is 1.79 bits per heavy atom. The molecule has 2 saturated heterocycles. The molecule has 0 radical (unpaired) electrons. The quantitative estimate of drug-likeness (QED) is 0.541. The van der Waals surface area contributed by atoms with Crippen LogP contribution in [0.5, 0.6) is 0 Å². The number of hydrogen-bond donors (Lipinski definition) is 0. The Kier molecular flexibility index (Phi) is 5.63. The second-order valence-electron chi connectivity index (χ2n) is 9.74. The van der Waals surface area contributed by atoms with Gasteiger partial charge in [-0.05, 0) is 60.6 Å². The summed E-state index contributed by atoms with van der Waals surface area (Å²) in [5, 5.41) is 0. The molecule has 0 N–H and O–H groups in total. The van der Waals surface area contributed by atoms with Crippen molar-refractivity contribution in [3.8, 4) is 0 Å². The zero-order chi connectivity index (χ0) is 23.2. The fourth-order valence-electron chi connectivity index (χ4n) is 5.37. The lowest BCUT2D eigenvalue weighted by atomic mass is 9.77. The zero-order valence-corrected chi connectivity index (χ0v) is 18.8. The van der Waals surface area contributed by atoms with E-state index in [2.05, 4.69) is 4.90 Å². The molecule has 7 heteroatoms. The maximum atomic E-state index is 13.6. The first-order chi connectivity index (χ1) is 15.7. The van der Waals surface area contributed by atoms with E-state index in [1.807, 2.05) is 30.3 Å². The van der Waals surface area contributed by atoms with Gasteiger partial charge in [0, 0.05) is 38.2 Å². The lowest BCUT2D eigenvalue weighted by Gasteiger charge is -2.38. The maximum Gasteiger partial charge on any atom is 0.416 e. The van der Waals surface area contributed by atoms with Crippen molar-refractivity contribution in [2.45, 2.75) is 63.3 Å². The topological polar surface area (TPSA) is 32.8 Å². The number of hydrogen-bond acceptors (Lipinski definition) is 3. The lowest BCUT2D eigenvalue weighted by Crippen LogP contribution is -2.46. The van der Waals surface area contributed by atoms with E-state index >= 15 is 0 Å². The van der Waals surface area contributed by atoms with E-state index in [0.29, 0.717) is 50.5 Å². The van der Waals surface area contributed by atoms with E-state index in [1.165, 1.54) is 6.07 Å². The Labute approximate surface area is 192 Å². The molecule has 176 valence electrons. The molecular formula is C26H29F3N2O2. The van der Waals surface area contributed by atoms with Gasteiger partial charge in [0.2, 0.25) is 0 Å². The highest BCUT2D eigenvalue weighted by Crippen LogP contribution is 2.42. The molecule has 0 bridgehead atoms. The van der Waals surface area contributed by atoms with E-state index in [9.17, 15) is 18.0 Å². The van der Waals surface area contributed by atoms with Crippen LogP contribution in [0.15, 0.2) is 42.5 Å². The summed E-state index contributed by atoms with van der Waals surface area (Å²) >= 11 is 0. The van der Waals surface area contributed by atoms with Crippen molar-refractivity contribution in [3.05, 3.63) is 64.7 Å². The van der Waals surface area contributed by atoms with Crippen LogP contribution in [-0.2, 0) is 17.5 Å². The minimum Gasteiger partial charge on any atom is -0.441 e. The summed E-state index contributed by atoms with van der Waals surface area (Å²) in [7, 11) is 0. The molecule has 5 rings (SSSR count). The third-order valence-corrected chi connectivity index (χ3v) is 7.54. The van der Waals surface area contributed by atoms with Crippen LogP contribution in [0.2, 0.25) is 0 Å². The number of anilines is 1. The third kappa shape index (κ3) is 4.35. The lowest BCUT2D eigenvalue weighted by molar-refractivity contribution is -0.138. The van der Waals surface area contributed by atoms with Gasteiger partial charge in [0.05, 0.1) is 12.1 Å². The minimum absolute atomic E-state index is 0.310. The number of carbonyl (C=O) groups is 1. The van der Waals surface area contributed by atoms with Gasteiger partial charge in [-0.1, -0.05) is 30.7 Å². The van der Waals surface area contributed by atoms with E-state index in [-0.39, 0.29) is 6.09 Å². The van der Waals surface area contributed by atoms with E-state index in [4.69, 9.17) is 4.74 Å². The van der Waals surface area contributed by atoms with Gasteiger partial charge in [0.15, 0.2) is 0 Å². The molecule has 0 unspecified atom stereocenters. The number of piperidine rings is 1. The predicted octanol–water partition coefficient (Wildman–Crippen LogP) is 6.27. The molecular weight excluding hydrogens is 429 g/mol. The number of alkyl halides is 3. The van der Waals surface area contributed by atoms with Crippen LogP contribution in [0.4, 0.5) is 23.7 Å². The maximum absolute atomic E-state index is 13.6. The molecule has 1 spiro atoms. The number of likely N-dealkylation sites (tertiary alicyclic amines) is 1. The van der Waals surface area contributed by atoms with Gasteiger partial charge in [0.25, 0.3) is 0 Å². The summed E-state index contributed by atoms with van der Waals surface area (Å²) in [6.07, 6.45) is -0.0762. The number of benzene rings is 2. The summed E-state index contributed by atoms with van der Waals surface area (Å²) < 4.78 is 46.6. The third-order valence-electron chi connectivity index (χ3n) is 7.54. The smallest absolute Gasteiger partial charge is 0.416 e. The number of para-hydroxylation sites is 1. The largest absolute Gasteiger partial charge is 0.441 e. The van der Waals surface area contributed by atoms with Crippen molar-refractivity contribution >= 4 is 11.8 Å². The van der Waals surface area contributed by atoms with Gasteiger partial charge in [-0.3, -0.25) is 9.80 Å². The molecule has 2 aliphatic heterocycles. The Morgan fingerprint density at radius 3 is 2.39 bits per heavy atom. The van der Waals surface area contributed by atoms with Crippen molar-refractivity contribution in [3.63, 3.8) is 0 Å². The van der Waals surface area contributed by atoms with Gasteiger partial charge >= 0.3 is 12.3 Å². The molecule has 2 aromatic carbocycles. The van der Waals surface area contributed by atoms with Crippen LogP contribution in [-0.4, -0.2) is 36.2 Å². The second kappa shape index (κ2) is 8.35. The van der Waals surface area contributed by atoms with Gasteiger partial charge in [0.1, 0.15) is 5.60 Å². The first-order valence-corrected chi connectivity index (χ1v) is 11.7. The van der Waals surface area contributed by atoms with E-state index in [0.717, 1.165) is 36.1 Å². The van der Waals surface area contributed by atoms with E-state index < -0.39 is 17.3 Å². The molecule has 1 saturated carbocycles. The Morgan fingerprint density at radius 1 is 1.09 bits per heavy atom. The van der Waals surface area contributed by atoms with Crippen LogP contribution in [0.25, 0.3) is 0 Å². The summed E-state index contributed by atoms with van der Waals surface area (Å²) in [4.78, 5) is 16.4. The molecule has 0 aromatic heterocycles. The SMILES string of the molecule is Cc1cc(C2CCC2)c(CN2CCC3(CC2)CN(c2ccccc2)C(=O)O3)cc1C(F)(F)F. The zero-order valence-electron chi connectivity index (χ0n) is 18.8. The average molecular weight is 459 g/mol. The molecule has 2 heterocycles. The second-order valence-corrected chi connectivity index (χ2v) is 9.74. The van der Waals surface area contributed by atoms with Crippen LogP contribution >= 0.6 is 0 Å². The highest BCUT2D eigenvalue weighted by Gasteiger charge is 2.47. The minimum atomic E-state index is -4.35. The number of rotatable bonds is 4. The van der Waals surface area contributed by atoms with Gasteiger partial charge in [-0.2, -0.15) is 13.2 Å². The first kappa shape index (κ1) is 22.3. The summed E-state index contributed by atoms with van der Waals surface area (Å²) in [6.45, 7) is 3.96.